The summed E-state index contributed by atoms with van der Waals surface area (Å²) in [5, 5.41) is 4.91. The van der Waals surface area contributed by atoms with Crippen molar-refractivity contribution in [2.45, 2.75) is 17.5 Å². The second kappa shape index (κ2) is 8.78. The molecule has 6 nitrogen and oxygen atoms in total. The minimum Gasteiger partial charge on any atom is -0.497 e. The second-order valence-electron chi connectivity index (χ2n) is 10.00. The van der Waals surface area contributed by atoms with Crippen LogP contribution < -0.4 is 15.0 Å². The van der Waals surface area contributed by atoms with Gasteiger partial charge in [-0.2, -0.15) is 0 Å². The van der Waals surface area contributed by atoms with Crippen molar-refractivity contribution >= 4 is 46.3 Å². The number of methoxy groups -OCH3 is 1. The van der Waals surface area contributed by atoms with E-state index in [2.05, 4.69) is 5.32 Å². The van der Waals surface area contributed by atoms with Gasteiger partial charge < -0.3 is 15.0 Å². The molecule has 0 aliphatic carbocycles. The van der Waals surface area contributed by atoms with Crippen molar-refractivity contribution in [1.29, 1.82) is 0 Å². The largest absolute Gasteiger partial charge is 0.497 e. The summed E-state index contributed by atoms with van der Waals surface area (Å²) in [7, 11) is 1.57. The zero-order valence-corrected chi connectivity index (χ0v) is 21.9. The maximum atomic E-state index is 14.7. The molecule has 7 heteroatoms. The number of carbonyl (C=O) groups is 3. The van der Waals surface area contributed by atoms with Crippen LogP contribution in [0, 0.1) is 5.92 Å². The molecule has 3 aromatic carbocycles. The SMILES string of the molecule is COc1ccc(C(=O)[C@@H]2[C@H](C(=O)c3cccs3)N3c4ccccc4C=C[C@H]3[C@@]23C(=O)Nc2ccccc23)cc1. The number of anilines is 2. The fraction of sp³-hybridized carbons (Fsp3) is 0.156. The van der Waals surface area contributed by atoms with E-state index in [1.165, 1.54) is 11.3 Å². The molecule has 1 amide bonds. The molecule has 0 saturated carbocycles. The Morgan fingerprint density at radius 2 is 1.69 bits per heavy atom. The zero-order valence-electron chi connectivity index (χ0n) is 21.0. The molecule has 3 aliphatic rings. The molecule has 1 saturated heterocycles. The Kier molecular flexibility index (Phi) is 5.32. The third kappa shape index (κ3) is 3.23. The van der Waals surface area contributed by atoms with Crippen molar-refractivity contribution in [2.75, 3.05) is 17.3 Å². The molecule has 4 heterocycles. The molecule has 0 radical (unpaired) electrons. The number of ether oxygens (including phenoxy) is 1. The molecule has 1 aromatic heterocycles. The van der Waals surface area contributed by atoms with Gasteiger partial charge in [0.05, 0.1) is 23.9 Å². The lowest BCUT2D eigenvalue weighted by atomic mass is 9.64. The molecule has 7 rings (SSSR count). The molecule has 192 valence electrons. The maximum Gasteiger partial charge on any atom is 0.238 e. The van der Waals surface area contributed by atoms with Crippen LogP contribution in [0.5, 0.6) is 5.75 Å². The number of nitrogens with one attached hydrogen (secondary N) is 1. The smallest absolute Gasteiger partial charge is 0.238 e. The third-order valence-electron chi connectivity index (χ3n) is 8.23. The number of benzene rings is 3. The fourth-order valence-corrected chi connectivity index (χ4v) is 7.32. The minimum atomic E-state index is -1.31. The van der Waals surface area contributed by atoms with Gasteiger partial charge in [0.2, 0.25) is 5.91 Å². The van der Waals surface area contributed by atoms with E-state index in [4.69, 9.17) is 4.74 Å². The summed E-state index contributed by atoms with van der Waals surface area (Å²) < 4.78 is 5.31. The lowest BCUT2D eigenvalue weighted by Crippen LogP contribution is -2.51. The van der Waals surface area contributed by atoms with Crippen molar-refractivity contribution < 1.29 is 19.1 Å². The second-order valence-corrected chi connectivity index (χ2v) is 10.9. The Bertz CT molecular complexity index is 1660. The highest BCUT2D eigenvalue weighted by Gasteiger charge is 2.70. The molecule has 3 aliphatic heterocycles. The number of fused-ring (bicyclic) bond motifs is 6. The van der Waals surface area contributed by atoms with E-state index < -0.39 is 23.4 Å². The first kappa shape index (κ1) is 23.6. The monoisotopic (exact) mass is 532 g/mol. The number of nitrogens with zero attached hydrogens (tertiary/aromatic N) is 1. The van der Waals surface area contributed by atoms with Crippen molar-refractivity contribution in [3.63, 3.8) is 0 Å². The van der Waals surface area contributed by atoms with E-state index in [9.17, 15) is 14.4 Å². The van der Waals surface area contributed by atoms with Crippen LogP contribution in [0.1, 0.15) is 31.2 Å². The standard InChI is InChI=1S/C32H24N2O4S/c1-38-21-15-12-20(13-16-21)29(35)27-28(30(36)25-11-6-18-39-25)34-24-10-5-2-7-19(24)14-17-26(34)32(27)22-8-3-4-9-23(22)33-31(32)37/h2-18,26-28H,1H3,(H,33,37)/t26-,27-,28+,32+/m0/s1. The van der Waals surface area contributed by atoms with E-state index in [-0.39, 0.29) is 17.5 Å². The molecule has 0 unspecified atom stereocenters. The molecule has 4 aromatic rings. The number of hydrogen-bond donors (Lipinski definition) is 1. The number of amides is 1. The Labute approximate surface area is 229 Å². The predicted molar refractivity (Wildman–Crippen MR) is 152 cm³/mol. The number of rotatable bonds is 5. The van der Waals surface area contributed by atoms with Crippen LogP contribution in [0.4, 0.5) is 11.4 Å². The van der Waals surface area contributed by atoms with Gasteiger partial charge in [-0.15, -0.1) is 11.3 Å². The van der Waals surface area contributed by atoms with Crippen molar-refractivity contribution in [3.05, 3.63) is 118 Å². The molecule has 39 heavy (non-hydrogen) atoms. The van der Waals surface area contributed by atoms with Gasteiger partial charge in [-0.05, 0) is 59.0 Å². The van der Waals surface area contributed by atoms with Crippen LogP contribution in [0.2, 0.25) is 0 Å². The van der Waals surface area contributed by atoms with Gasteiger partial charge in [-0.25, -0.2) is 0 Å². The molecule has 4 atom stereocenters. The van der Waals surface area contributed by atoms with Crippen LogP contribution in [0.25, 0.3) is 6.08 Å². The van der Waals surface area contributed by atoms with Gasteiger partial charge in [0, 0.05) is 16.9 Å². The molecule has 0 bridgehead atoms. The molecule has 1 fully saturated rings. The first-order chi connectivity index (χ1) is 19.1. The molecule has 1 N–H and O–H groups in total. The molecular formula is C32H24N2O4S. The predicted octanol–water partition coefficient (Wildman–Crippen LogP) is 5.61. The lowest BCUT2D eigenvalue weighted by molar-refractivity contribution is -0.121. The van der Waals surface area contributed by atoms with Gasteiger partial charge >= 0.3 is 0 Å². The highest BCUT2D eigenvalue weighted by Crippen LogP contribution is 2.58. The summed E-state index contributed by atoms with van der Waals surface area (Å²) in [5.74, 6) is -1.04. The molecule has 1 spiro atoms. The highest BCUT2D eigenvalue weighted by atomic mass is 32.1. The van der Waals surface area contributed by atoms with E-state index >= 15 is 0 Å². The lowest BCUT2D eigenvalue weighted by Gasteiger charge is -2.37. The summed E-state index contributed by atoms with van der Waals surface area (Å²) in [4.78, 5) is 45.9. The quantitative estimate of drug-likeness (QED) is 0.338. The minimum absolute atomic E-state index is 0.166. The van der Waals surface area contributed by atoms with E-state index in [0.29, 0.717) is 21.9 Å². The van der Waals surface area contributed by atoms with Gasteiger partial charge in [0.15, 0.2) is 11.6 Å². The topological polar surface area (TPSA) is 75.7 Å². The Morgan fingerprint density at radius 3 is 2.46 bits per heavy atom. The van der Waals surface area contributed by atoms with Gasteiger partial charge in [-0.3, -0.25) is 14.4 Å². The number of thiophene rings is 1. The first-order valence-corrected chi connectivity index (χ1v) is 13.7. The van der Waals surface area contributed by atoms with Crippen molar-refractivity contribution in [1.82, 2.24) is 0 Å². The van der Waals surface area contributed by atoms with Crippen LogP contribution in [0.3, 0.4) is 0 Å². The average Bonchev–Trinajstić information content (AvgIpc) is 3.69. The van der Waals surface area contributed by atoms with Gasteiger partial charge in [0.25, 0.3) is 0 Å². The Morgan fingerprint density at radius 1 is 0.923 bits per heavy atom. The van der Waals surface area contributed by atoms with Crippen molar-refractivity contribution in [3.8, 4) is 5.75 Å². The Balaban J connectivity index is 1.52. The summed E-state index contributed by atoms with van der Waals surface area (Å²) in [6.45, 7) is 0. The first-order valence-electron chi connectivity index (χ1n) is 12.8. The van der Waals surface area contributed by atoms with Gasteiger partial charge in [0.1, 0.15) is 17.2 Å². The molecular weight excluding hydrogens is 508 g/mol. The number of para-hydroxylation sites is 2. The van der Waals surface area contributed by atoms with Crippen molar-refractivity contribution in [2.24, 2.45) is 5.92 Å². The van der Waals surface area contributed by atoms with Crippen LogP contribution in [-0.2, 0) is 10.2 Å². The average molecular weight is 533 g/mol. The highest BCUT2D eigenvalue weighted by molar-refractivity contribution is 7.12. The fourth-order valence-electron chi connectivity index (χ4n) is 6.62. The maximum absolute atomic E-state index is 14.7. The number of Topliss-reactive ketones (excluding diaryl/α,β-unsaturated/α-hetero) is 2. The van der Waals surface area contributed by atoms with E-state index in [1.807, 2.05) is 77.0 Å². The van der Waals surface area contributed by atoms with Crippen LogP contribution in [-0.4, -0.2) is 36.7 Å². The van der Waals surface area contributed by atoms with Crippen LogP contribution >= 0.6 is 11.3 Å². The van der Waals surface area contributed by atoms with E-state index in [0.717, 1.165) is 16.8 Å². The van der Waals surface area contributed by atoms with Crippen LogP contribution in [0.15, 0.2) is 96.4 Å². The summed E-state index contributed by atoms with van der Waals surface area (Å²) in [6.07, 6.45) is 3.99. The van der Waals surface area contributed by atoms with E-state index in [1.54, 1.807) is 37.4 Å². The number of carbonyl (C=O) groups excluding carboxylic acids is 3. The number of hydrogen-bond acceptors (Lipinski definition) is 6. The normalized spacial score (nSPS) is 24.2. The summed E-state index contributed by atoms with van der Waals surface area (Å²) in [5.41, 5.74) is 2.31. The summed E-state index contributed by atoms with van der Waals surface area (Å²) in [6, 6.07) is 24.4. The summed E-state index contributed by atoms with van der Waals surface area (Å²) >= 11 is 1.35. The number of ketones is 2. The Hall–Kier alpha value is -4.49. The third-order valence-corrected chi connectivity index (χ3v) is 9.12. The van der Waals surface area contributed by atoms with Gasteiger partial charge in [-0.1, -0.05) is 54.6 Å². The zero-order chi connectivity index (χ0) is 26.7.